The normalized spacial score (nSPS) is 21.7. The SMILES string of the molecule is COC(=O)[C@H]1CCN(C(=O)OC(C)(C)C)C[C@@H]1c1ccccc1. The van der Waals surface area contributed by atoms with Gasteiger partial charge in [0.05, 0.1) is 13.0 Å². The number of piperidine rings is 1. The van der Waals surface area contributed by atoms with Crippen LogP contribution < -0.4 is 0 Å². The number of esters is 1. The number of carbonyl (C=O) groups excluding carboxylic acids is 2. The third-order valence-corrected chi connectivity index (χ3v) is 4.00. The first kappa shape index (κ1) is 17.3. The van der Waals surface area contributed by atoms with Crippen molar-refractivity contribution < 1.29 is 19.1 Å². The summed E-state index contributed by atoms with van der Waals surface area (Å²) in [6, 6.07) is 9.79. The first-order valence-electron chi connectivity index (χ1n) is 7.92. The first-order valence-corrected chi connectivity index (χ1v) is 7.92. The molecule has 1 aliphatic rings. The number of hydrogen-bond donors (Lipinski definition) is 0. The van der Waals surface area contributed by atoms with Gasteiger partial charge in [-0.25, -0.2) is 4.79 Å². The highest BCUT2D eigenvalue weighted by Gasteiger charge is 2.38. The number of amides is 1. The molecule has 1 amide bonds. The second-order valence-electron chi connectivity index (χ2n) is 6.86. The van der Waals surface area contributed by atoms with Gasteiger partial charge in [-0.2, -0.15) is 0 Å². The van der Waals surface area contributed by atoms with Crippen molar-refractivity contribution in [3.05, 3.63) is 35.9 Å². The highest BCUT2D eigenvalue weighted by atomic mass is 16.6. The van der Waals surface area contributed by atoms with Crippen molar-refractivity contribution in [3.8, 4) is 0 Å². The van der Waals surface area contributed by atoms with E-state index in [-0.39, 0.29) is 23.9 Å². The fourth-order valence-electron chi connectivity index (χ4n) is 2.92. The molecule has 0 bridgehead atoms. The monoisotopic (exact) mass is 319 g/mol. The highest BCUT2D eigenvalue weighted by Crippen LogP contribution is 2.33. The lowest BCUT2D eigenvalue weighted by atomic mass is 9.81. The molecule has 2 rings (SSSR count). The lowest BCUT2D eigenvalue weighted by molar-refractivity contribution is -0.147. The maximum Gasteiger partial charge on any atom is 0.410 e. The van der Waals surface area contributed by atoms with Crippen molar-refractivity contribution in [1.82, 2.24) is 4.90 Å². The number of rotatable bonds is 2. The van der Waals surface area contributed by atoms with Gasteiger partial charge in [0, 0.05) is 19.0 Å². The van der Waals surface area contributed by atoms with Gasteiger partial charge < -0.3 is 14.4 Å². The zero-order valence-corrected chi connectivity index (χ0v) is 14.2. The van der Waals surface area contributed by atoms with Crippen molar-refractivity contribution in [3.63, 3.8) is 0 Å². The van der Waals surface area contributed by atoms with Gasteiger partial charge in [-0.1, -0.05) is 30.3 Å². The van der Waals surface area contributed by atoms with Gasteiger partial charge in [0.1, 0.15) is 5.60 Å². The van der Waals surface area contributed by atoms with Gasteiger partial charge in [0.15, 0.2) is 0 Å². The number of nitrogens with zero attached hydrogens (tertiary/aromatic N) is 1. The summed E-state index contributed by atoms with van der Waals surface area (Å²) >= 11 is 0. The van der Waals surface area contributed by atoms with Crippen LogP contribution in [-0.4, -0.2) is 42.8 Å². The average molecular weight is 319 g/mol. The Bertz CT molecular complexity index is 550. The number of benzene rings is 1. The number of carbonyl (C=O) groups is 2. The Balaban J connectivity index is 2.18. The van der Waals surface area contributed by atoms with Gasteiger partial charge in [0.25, 0.3) is 0 Å². The van der Waals surface area contributed by atoms with Gasteiger partial charge in [-0.3, -0.25) is 4.79 Å². The molecule has 0 aromatic heterocycles. The van der Waals surface area contributed by atoms with Crippen molar-refractivity contribution >= 4 is 12.1 Å². The van der Waals surface area contributed by atoms with E-state index in [4.69, 9.17) is 9.47 Å². The lowest BCUT2D eigenvalue weighted by Crippen LogP contribution is -2.46. The second-order valence-corrected chi connectivity index (χ2v) is 6.86. The number of likely N-dealkylation sites (tertiary alicyclic amines) is 1. The van der Waals surface area contributed by atoms with Crippen LogP contribution in [0.5, 0.6) is 0 Å². The summed E-state index contributed by atoms with van der Waals surface area (Å²) in [5, 5.41) is 0. The van der Waals surface area contributed by atoms with E-state index in [2.05, 4.69) is 0 Å². The van der Waals surface area contributed by atoms with Crippen molar-refractivity contribution in [2.45, 2.75) is 38.7 Å². The van der Waals surface area contributed by atoms with E-state index in [0.717, 1.165) is 5.56 Å². The van der Waals surface area contributed by atoms with Crippen LogP contribution in [0.4, 0.5) is 4.79 Å². The summed E-state index contributed by atoms with van der Waals surface area (Å²) in [7, 11) is 1.41. The van der Waals surface area contributed by atoms with E-state index >= 15 is 0 Å². The molecule has 0 radical (unpaired) electrons. The standard InChI is InChI=1S/C18H25NO4/c1-18(2,3)23-17(21)19-11-10-14(16(20)22-4)15(12-19)13-8-6-5-7-9-13/h5-9,14-15H,10-12H2,1-4H3/t14-,15+/m0/s1. The van der Waals surface area contributed by atoms with E-state index in [0.29, 0.717) is 19.5 Å². The predicted octanol–water partition coefficient (Wildman–Crippen LogP) is 3.20. The molecule has 2 atom stereocenters. The lowest BCUT2D eigenvalue weighted by Gasteiger charge is -2.38. The van der Waals surface area contributed by atoms with E-state index in [9.17, 15) is 9.59 Å². The number of hydrogen-bond acceptors (Lipinski definition) is 4. The Kier molecular flexibility index (Phi) is 5.29. The molecule has 1 heterocycles. The number of ether oxygens (including phenoxy) is 2. The quantitative estimate of drug-likeness (QED) is 0.786. The molecule has 126 valence electrons. The minimum Gasteiger partial charge on any atom is -0.469 e. The summed E-state index contributed by atoms with van der Waals surface area (Å²) in [6.07, 6.45) is 0.243. The largest absolute Gasteiger partial charge is 0.469 e. The maximum atomic E-state index is 12.3. The van der Waals surface area contributed by atoms with E-state index in [1.807, 2.05) is 51.1 Å². The molecule has 1 aromatic carbocycles. The molecule has 23 heavy (non-hydrogen) atoms. The molecule has 1 fully saturated rings. The molecule has 0 saturated carbocycles. The molecule has 0 spiro atoms. The van der Waals surface area contributed by atoms with Crippen LogP contribution in [0.25, 0.3) is 0 Å². The van der Waals surface area contributed by atoms with E-state index in [1.165, 1.54) is 7.11 Å². The summed E-state index contributed by atoms with van der Waals surface area (Å²) < 4.78 is 10.4. The highest BCUT2D eigenvalue weighted by molar-refractivity contribution is 5.75. The Morgan fingerprint density at radius 2 is 1.83 bits per heavy atom. The van der Waals surface area contributed by atoms with Crippen molar-refractivity contribution in [2.24, 2.45) is 5.92 Å². The third kappa shape index (κ3) is 4.47. The predicted molar refractivity (Wildman–Crippen MR) is 87.1 cm³/mol. The topological polar surface area (TPSA) is 55.8 Å². The third-order valence-electron chi connectivity index (χ3n) is 4.00. The van der Waals surface area contributed by atoms with Crippen LogP contribution in [0, 0.1) is 5.92 Å². The summed E-state index contributed by atoms with van der Waals surface area (Å²) in [4.78, 5) is 26.1. The molecule has 1 aromatic rings. The average Bonchev–Trinajstić information content (AvgIpc) is 2.52. The van der Waals surface area contributed by atoms with Crippen LogP contribution >= 0.6 is 0 Å². The Morgan fingerprint density at radius 3 is 2.39 bits per heavy atom. The zero-order chi connectivity index (χ0) is 17.0. The molecule has 0 N–H and O–H groups in total. The summed E-state index contributed by atoms with van der Waals surface area (Å²) in [6.45, 7) is 6.50. The minimum absolute atomic E-state index is 0.0788. The summed E-state index contributed by atoms with van der Waals surface area (Å²) in [5.74, 6) is -0.534. The molecule has 1 saturated heterocycles. The van der Waals surface area contributed by atoms with E-state index < -0.39 is 5.60 Å². The zero-order valence-electron chi connectivity index (χ0n) is 14.2. The molecule has 1 aliphatic heterocycles. The van der Waals surface area contributed by atoms with E-state index in [1.54, 1.807) is 4.90 Å². The van der Waals surface area contributed by atoms with Crippen LogP contribution in [0.3, 0.4) is 0 Å². The van der Waals surface area contributed by atoms with Crippen molar-refractivity contribution in [2.75, 3.05) is 20.2 Å². The van der Waals surface area contributed by atoms with Crippen molar-refractivity contribution in [1.29, 1.82) is 0 Å². The van der Waals surface area contributed by atoms with Crippen LogP contribution in [0.2, 0.25) is 0 Å². The fraction of sp³-hybridized carbons (Fsp3) is 0.556. The Labute approximate surface area is 137 Å². The molecule has 0 aliphatic carbocycles. The molecular weight excluding hydrogens is 294 g/mol. The van der Waals surface area contributed by atoms with Gasteiger partial charge >= 0.3 is 12.1 Å². The first-order chi connectivity index (χ1) is 10.8. The van der Waals surface area contributed by atoms with Crippen LogP contribution in [0.1, 0.15) is 38.7 Å². The number of methoxy groups -OCH3 is 1. The fourth-order valence-corrected chi connectivity index (χ4v) is 2.92. The summed E-state index contributed by atoms with van der Waals surface area (Å²) in [5.41, 5.74) is 0.509. The minimum atomic E-state index is -0.529. The Morgan fingerprint density at radius 1 is 1.17 bits per heavy atom. The molecular formula is C18H25NO4. The van der Waals surface area contributed by atoms with Gasteiger partial charge in [-0.15, -0.1) is 0 Å². The smallest absolute Gasteiger partial charge is 0.410 e. The molecule has 0 unspecified atom stereocenters. The Hall–Kier alpha value is -2.04. The van der Waals surface area contributed by atoms with Crippen LogP contribution in [-0.2, 0) is 14.3 Å². The maximum absolute atomic E-state index is 12.3. The molecule has 5 heteroatoms. The van der Waals surface area contributed by atoms with Gasteiger partial charge in [-0.05, 0) is 32.8 Å². The second kappa shape index (κ2) is 7.02. The molecule has 5 nitrogen and oxygen atoms in total. The van der Waals surface area contributed by atoms with Crippen LogP contribution in [0.15, 0.2) is 30.3 Å². The van der Waals surface area contributed by atoms with Gasteiger partial charge in [0.2, 0.25) is 0 Å².